The van der Waals surface area contributed by atoms with Gasteiger partial charge in [-0.3, -0.25) is 9.59 Å². The number of hydrogen-bond donors (Lipinski definition) is 2. The van der Waals surface area contributed by atoms with Gasteiger partial charge < -0.3 is 16.2 Å². The Hall–Kier alpha value is -2.04. The van der Waals surface area contributed by atoms with Crippen molar-refractivity contribution in [2.75, 3.05) is 6.61 Å². The number of rotatable bonds is 2. The molecule has 0 aromatic heterocycles. The van der Waals surface area contributed by atoms with Crippen LogP contribution in [0.4, 0.5) is 0 Å². The number of hydrogen-bond acceptors (Lipinski definition) is 3. The number of carbonyl (C=O) groups is 2. The molecule has 84 valence electrons. The van der Waals surface area contributed by atoms with Crippen LogP contribution in [-0.4, -0.2) is 18.4 Å². The molecular weight excluding hydrogens is 208 g/mol. The summed E-state index contributed by atoms with van der Waals surface area (Å²) in [5.74, 6) is -0.544. The van der Waals surface area contributed by atoms with Crippen LogP contribution in [0.5, 0.6) is 5.75 Å². The normalized spacial score (nSPS) is 18.4. The summed E-state index contributed by atoms with van der Waals surface area (Å²) in [6.45, 7) is 0.290. The Labute approximate surface area is 92.4 Å². The van der Waals surface area contributed by atoms with Gasteiger partial charge in [0.2, 0.25) is 11.8 Å². The first-order chi connectivity index (χ1) is 7.58. The molecule has 1 aliphatic heterocycles. The second-order valence-electron chi connectivity index (χ2n) is 3.80. The Morgan fingerprint density at radius 3 is 2.69 bits per heavy atom. The molecule has 1 aromatic rings. The zero-order valence-corrected chi connectivity index (χ0v) is 8.60. The molecule has 1 aliphatic rings. The van der Waals surface area contributed by atoms with E-state index >= 15 is 0 Å². The van der Waals surface area contributed by atoms with E-state index in [2.05, 4.69) is 0 Å². The van der Waals surface area contributed by atoms with E-state index < -0.39 is 11.8 Å². The number of primary amides is 2. The molecule has 0 aliphatic carbocycles. The maximum absolute atomic E-state index is 11.0. The highest BCUT2D eigenvalue weighted by atomic mass is 16.5. The van der Waals surface area contributed by atoms with Gasteiger partial charge >= 0.3 is 0 Å². The Morgan fingerprint density at radius 2 is 2.06 bits per heavy atom. The maximum atomic E-state index is 11.0. The second kappa shape index (κ2) is 3.84. The summed E-state index contributed by atoms with van der Waals surface area (Å²) >= 11 is 0. The maximum Gasteiger partial charge on any atom is 0.248 e. The van der Waals surface area contributed by atoms with Crippen LogP contribution in [0, 0.1) is 5.92 Å². The fraction of sp³-hybridized carbons (Fsp3) is 0.273. The molecule has 1 heterocycles. The average Bonchev–Trinajstić information content (AvgIpc) is 2.27. The summed E-state index contributed by atoms with van der Waals surface area (Å²) in [5.41, 5.74) is 11.6. The highest BCUT2D eigenvalue weighted by molar-refractivity contribution is 5.93. The van der Waals surface area contributed by atoms with Crippen LogP contribution in [0.1, 0.15) is 15.9 Å². The average molecular weight is 220 g/mol. The summed E-state index contributed by atoms with van der Waals surface area (Å²) in [5, 5.41) is 0. The minimum absolute atomic E-state index is 0.290. The summed E-state index contributed by atoms with van der Waals surface area (Å²) in [4.78, 5) is 22.0. The predicted octanol–water partition coefficient (Wildman–Crippen LogP) is -0.178. The largest absolute Gasteiger partial charge is 0.492 e. The van der Waals surface area contributed by atoms with Crippen LogP contribution in [0.25, 0.3) is 0 Å². The van der Waals surface area contributed by atoms with E-state index in [0.717, 1.165) is 5.56 Å². The molecule has 0 fully saturated rings. The molecule has 16 heavy (non-hydrogen) atoms. The van der Waals surface area contributed by atoms with Crippen molar-refractivity contribution >= 4 is 11.8 Å². The number of amides is 2. The first-order valence-electron chi connectivity index (χ1n) is 4.93. The zero-order valence-electron chi connectivity index (χ0n) is 8.60. The smallest absolute Gasteiger partial charge is 0.248 e. The number of fused-ring (bicyclic) bond motifs is 1. The lowest BCUT2D eigenvalue weighted by atomic mass is 9.95. The van der Waals surface area contributed by atoms with Crippen molar-refractivity contribution in [1.29, 1.82) is 0 Å². The van der Waals surface area contributed by atoms with E-state index in [9.17, 15) is 9.59 Å². The number of carbonyl (C=O) groups excluding carboxylic acids is 2. The minimum Gasteiger partial charge on any atom is -0.492 e. The number of nitrogens with two attached hydrogens (primary N) is 2. The van der Waals surface area contributed by atoms with Crippen LogP contribution >= 0.6 is 0 Å². The van der Waals surface area contributed by atoms with E-state index in [-0.39, 0.29) is 12.5 Å². The van der Waals surface area contributed by atoms with Crippen LogP contribution in [0.3, 0.4) is 0 Å². The van der Waals surface area contributed by atoms with Gasteiger partial charge in [0.1, 0.15) is 12.4 Å². The van der Waals surface area contributed by atoms with Crippen molar-refractivity contribution < 1.29 is 14.3 Å². The van der Waals surface area contributed by atoms with E-state index in [0.29, 0.717) is 17.7 Å². The first-order valence-corrected chi connectivity index (χ1v) is 4.93. The van der Waals surface area contributed by atoms with Gasteiger partial charge in [0.15, 0.2) is 0 Å². The van der Waals surface area contributed by atoms with Crippen molar-refractivity contribution in [3.8, 4) is 5.75 Å². The summed E-state index contributed by atoms with van der Waals surface area (Å²) < 4.78 is 5.38. The van der Waals surface area contributed by atoms with E-state index in [1.807, 2.05) is 0 Å². The van der Waals surface area contributed by atoms with E-state index in [1.54, 1.807) is 18.2 Å². The fourth-order valence-corrected chi connectivity index (χ4v) is 1.73. The third-order valence-corrected chi connectivity index (χ3v) is 2.65. The van der Waals surface area contributed by atoms with Gasteiger partial charge in [0, 0.05) is 5.56 Å². The Morgan fingerprint density at radius 1 is 1.31 bits per heavy atom. The zero-order chi connectivity index (χ0) is 11.7. The Balaban J connectivity index is 2.32. The lowest BCUT2D eigenvalue weighted by Gasteiger charge is -2.23. The summed E-state index contributed by atoms with van der Waals surface area (Å²) in [6, 6.07) is 4.94. The lowest BCUT2D eigenvalue weighted by Crippen LogP contribution is -2.33. The Kier molecular flexibility index (Phi) is 2.52. The van der Waals surface area contributed by atoms with Crippen molar-refractivity contribution in [1.82, 2.24) is 0 Å². The van der Waals surface area contributed by atoms with Gasteiger partial charge in [-0.25, -0.2) is 0 Å². The molecule has 0 radical (unpaired) electrons. The number of ether oxygens (including phenoxy) is 1. The lowest BCUT2D eigenvalue weighted by molar-refractivity contribution is -0.123. The van der Waals surface area contributed by atoms with Crippen molar-refractivity contribution in [3.05, 3.63) is 29.3 Å². The van der Waals surface area contributed by atoms with Crippen LogP contribution in [0.2, 0.25) is 0 Å². The van der Waals surface area contributed by atoms with E-state index in [1.165, 1.54) is 0 Å². The monoisotopic (exact) mass is 220 g/mol. The van der Waals surface area contributed by atoms with Crippen molar-refractivity contribution in [2.45, 2.75) is 6.42 Å². The number of benzene rings is 1. The topological polar surface area (TPSA) is 95.4 Å². The van der Waals surface area contributed by atoms with Gasteiger partial charge in [-0.1, -0.05) is 0 Å². The van der Waals surface area contributed by atoms with Crippen molar-refractivity contribution in [2.24, 2.45) is 17.4 Å². The van der Waals surface area contributed by atoms with Crippen LogP contribution in [-0.2, 0) is 11.2 Å². The Bertz CT molecular complexity index is 457. The highest BCUT2D eigenvalue weighted by Gasteiger charge is 2.24. The molecule has 1 unspecified atom stereocenters. The molecule has 0 saturated heterocycles. The molecule has 1 aromatic carbocycles. The predicted molar refractivity (Wildman–Crippen MR) is 56.8 cm³/mol. The SMILES string of the molecule is NC(=O)c1ccc2c(c1)CC(C(N)=O)CO2. The van der Waals surface area contributed by atoms with Gasteiger partial charge in [0.05, 0.1) is 5.92 Å². The molecule has 4 N–H and O–H groups in total. The van der Waals surface area contributed by atoms with Gasteiger partial charge in [-0.15, -0.1) is 0 Å². The third-order valence-electron chi connectivity index (χ3n) is 2.65. The van der Waals surface area contributed by atoms with Gasteiger partial charge in [-0.2, -0.15) is 0 Å². The van der Waals surface area contributed by atoms with Gasteiger partial charge in [0.25, 0.3) is 0 Å². The molecule has 5 nitrogen and oxygen atoms in total. The first kappa shape index (κ1) is 10.5. The summed E-state index contributed by atoms with van der Waals surface area (Å²) in [7, 11) is 0. The van der Waals surface area contributed by atoms with Crippen LogP contribution < -0.4 is 16.2 Å². The quantitative estimate of drug-likeness (QED) is 0.723. The fourth-order valence-electron chi connectivity index (χ4n) is 1.73. The molecule has 0 spiro atoms. The molecule has 5 heteroatoms. The molecule has 1 atom stereocenters. The standard InChI is InChI=1S/C11H12N2O3/c12-10(14)6-1-2-9-7(3-6)4-8(5-16-9)11(13)15/h1-3,8H,4-5H2,(H2,12,14)(H2,13,15). The second-order valence-corrected chi connectivity index (χ2v) is 3.80. The highest BCUT2D eigenvalue weighted by Crippen LogP contribution is 2.27. The molecule has 0 saturated carbocycles. The minimum atomic E-state index is -0.496. The third kappa shape index (κ3) is 1.84. The molecule has 2 rings (SSSR count). The van der Waals surface area contributed by atoms with E-state index in [4.69, 9.17) is 16.2 Å². The van der Waals surface area contributed by atoms with Crippen LogP contribution in [0.15, 0.2) is 18.2 Å². The molecule has 2 amide bonds. The summed E-state index contributed by atoms with van der Waals surface area (Å²) in [6.07, 6.45) is 0.492. The van der Waals surface area contributed by atoms with Gasteiger partial charge in [-0.05, 0) is 30.2 Å². The van der Waals surface area contributed by atoms with Crippen molar-refractivity contribution in [3.63, 3.8) is 0 Å². The molecular formula is C11H12N2O3. The molecule has 0 bridgehead atoms.